The number of carboxylic acid groups (broad SMARTS) is 1. The van der Waals surface area contributed by atoms with Gasteiger partial charge in [0.15, 0.2) is 5.25 Å². The van der Waals surface area contributed by atoms with Crippen LogP contribution < -0.4 is 4.72 Å². The predicted octanol–water partition coefficient (Wildman–Crippen LogP) is -0.849. The van der Waals surface area contributed by atoms with Crippen molar-refractivity contribution in [2.45, 2.75) is 25.0 Å². The molecule has 0 aliphatic heterocycles. The van der Waals surface area contributed by atoms with Gasteiger partial charge in [-0.15, -0.1) is 0 Å². The molecule has 1 saturated carbocycles. The average Bonchev–Trinajstić information content (AvgIpc) is 2.94. The fraction of sp³-hybridized carbons (Fsp3) is 0.875. The number of aliphatic hydroxyl groups is 1. The lowest BCUT2D eigenvalue weighted by Crippen LogP contribution is -2.40. The number of hydrogen-bond acceptors (Lipinski definition) is 4. The summed E-state index contributed by atoms with van der Waals surface area (Å²) in [4.78, 5) is 10.5. The topological polar surface area (TPSA) is 104 Å². The molecular weight excluding hydrogens is 222 g/mol. The van der Waals surface area contributed by atoms with E-state index < -0.39 is 21.2 Å². The molecule has 3 N–H and O–H groups in total. The van der Waals surface area contributed by atoms with E-state index in [1.165, 1.54) is 0 Å². The maximum absolute atomic E-state index is 11.4. The van der Waals surface area contributed by atoms with Gasteiger partial charge in [0.1, 0.15) is 0 Å². The predicted molar refractivity (Wildman–Crippen MR) is 52.8 cm³/mol. The summed E-state index contributed by atoms with van der Waals surface area (Å²) in [6.45, 7) is 1.16. The van der Waals surface area contributed by atoms with Gasteiger partial charge in [-0.25, -0.2) is 13.1 Å². The first kappa shape index (κ1) is 12.4. The highest BCUT2D eigenvalue weighted by atomic mass is 32.2. The van der Waals surface area contributed by atoms with E-state index >= 15 is 0 Å². The standard InChI is InChI=1S/C8H15NO5S/c1-6(7(11)12)15(13,14)9-4-8(5-10)2-3-8/h6,9-10H,2-5H2,1H3,(H,11,12). The van der Waals surface area contributed by atoms with Crippen molar-refractivity contribution in [3.63, 3.8) is 0 Å². The molecular formula is C8H15NO5S. The molecule has 1 rings (SSSR count). The molecule has 0 aromatic heterocycles. The van der Waals surface area contributed by atoms with Crippen LogP contribution in [0.3, 0.4) is 0 Å². The molecule has 0 heterocycles. The second-order valence-corrected chi connectivity index (χ2v) is 6.09. The lowest BCUT2D eigenvalue weighted by molar-refractivity contribution is -0.136. The zero-order chi connectivity index (χ0) is 11.7. The largest absolute Gasteiger partial charge is 0.480 e. The maximum atomic E-state index is 11.4. The molecule has 0 bridgehead atoms. The van der Waals surface area contributed by atoms with Crippen molar-refractivity contribution in [1.29, 1.82) is 0 Å². The summed E-state index contributed by atoms with van der Waals surface area (Å²) in [7, 11) is -3.82. The minimum absolute atomic E-state index is 0.0724. The molecule has 1 aliphatic rings. The van der Waals surface area contributed by atoms with E-state index in [0.717, 1.165) is 19.8 Å². The Morgan fingerprint density at radius 2 is 2.07 bits per heavy atom. The van der Waals surface area contributed by atoms with Crippen LogP contribution in [0.15, 0.2) is 0 Å². The van der Waals surface area contributed by atoms with Crippen molar-refractivity contribution in [3.8, 4) is 0 Å². The Kier molecular flexibility index (Phi) is 3.37. The van der Waals surface area contributed by atoms with Crippen LogP contribution in [-0.4, -0.2) is 43.0 Å². The normalized spacial score (nSPS) is 20.9. The molecule has 0 radical (unpaired) electrons. The minimum Gasteiger partial charge on any atom is -0.480 e. The molecule has 88 valence electrons. The smallest absolute Gasteiger partial charge is 0.323 e. The maximum Gasteiger partial charge on any atom is 0.323 e. The first-order chi connectivity index (χ1) is 6.83. The Hall–Kier alpha value is -0.660. The van der Waals surface area contributed by atoms with E-state index in [1.54, 1.807) is 0 Å². The van der Waals surface area contributed by atoms with Gasteiger partial charge < -0.3 is 10.2 Å². The molecule has 0 aromatic carbocycles. The highest BCUT2D eigenvalue weighted by Gasteiger charge is 2.43. The number of aliphatic carboxylic acids is 1. The molecule has 0 spiro atoms. The fourth-order valence-electron chi connectivity index (χ4n) is 1.08. The van der Waals surface area contributed by atoms with Crippen molar-refractivity contribution in [2.75, 3.05) is 13.2 Å². The van der Waals surface area contributed by atoms with Crippen LogP contribution in [0.2, 0.25) is 0 Å². The van der Waals surface area contributed by atoms with Crippen molar-refractivity contribution in [3.05, 3.63) is 0 Å². The SMILES string of the molecule is CC(C(=O)O)S(=O)(=O)NCC1(CO)CC1. The van der Waals surface area contributed by atoms with Crippen LogP contribution in [0.25, 0.3) is 0 Å². The van der Waals surface area contributed by atoms with Gasteiger partial charge in [0.2, 0.25) is 10.0 Å². The van der Waals surface area contributed by atoms with Crippen LogP contribution in [0.5, 0.6) is 0 Å². The van der Waals surface area contributed by atoms with Crippen LogP contribution in [-0.2, 0) is 14.8 Å². The Bertz CT molecular complexity index is 346. The van der Waals surface area contributed by atoms with Gasteiger partial charge in [0.05, 0.1) is 0 Å². The molecule has 6 nitrogen and oxygen atoms in total. The molecule has 0 aromatic rings. The number of sulfonamides is 1. The second-order valence-electron chi connectivity index (χ2n) is 4.00. The third-order valence-corrected chi connectivity index (χ3v) is 4.43. The molecule has 1 fully saturated rings. The number of carbonyl (C=O) groups is 1. The molecule has 1 unspecified atom stereocenters. The first-order valence-electron chi connectivity index (χ1n) is 4.65. The summed E-state index contributed by atoms with van der Waals surface area (Å²) in [6.07, 6.45) is 1.54. The molecule has 1 atom stereocenters. The lowest BCUT2D eigenvalue weighted by atomic mass is 10.1. The van der Waals surface area contributed by atoms with Gasteiger partial charge >= 0.3 is 5.97 Å². The zero-order valence-electron chi connectivity index (χ0n) is 8.43. The molecule has 1 aliphatic carbocycles. The van der Waals surface area contributed by atoms with Crippen molar-refractivity contribution in [1.82, 2.24) is 4.72 Å². The van der Waals surface area contributed by atoms with E-state index in [-0.39, 0.29) is 18.6 Å². The summed E-state index contributed by atoms with van der Waals surface area (Å²) in [5.41, 5.74) is -0.356. The van der Waals surface area contributed by atoms with Crippen LogP contribution in [0.1, 0.15) is 19.8 Å². The molecule has 15 heavy (non-hydrogen) atoms. The summed E-state index contributed by atoms with van der Waals surface area (Å²) >= 11 is 0. The number of hydrogen-bond donors (Lipinski definition) is 3. The highest BCUT2D eigenvalue weighted by Crippen LogP contribution is 2.44. The van der Waals surface area contributed by atoms with Gasteiger partial charge in [0.25, 0.3) is 0 Å². The van der Waals surface area contributed by atoms with E-state index in [0.29, 0.717) is 0 Å². The summed E-state index contributed by atoms with van der Waals surface area (Å²) in [6, 6.07) is 0. The average molecular weight is 237 g/mol. The number of rotatable bonds is 6. The van der Waals surface area contributed by atoms with E-state index in [2.05, 4.69) is 4.72 Å². The molecule has 0 saturated heterocycles. The van der Waals surface area contributed by atoms with Gasteiger partial charge in [-0.05, 0) is 19.8 Å². The summed E-state index contributed by atoms with van der Waals surface area (Å²) < 4.78 is 25.0. The number of nitrogens with one attached hydrogen (secondary N) is 1. The Labute approximate surface area is 88.3 Å². The van der Waals surface area contributed by atoms with Crippen molar-refractivity contribution in [2.24, 2.45) is 5.41 Å². The van der Waals surface area contributed by atoms with Crippen molar-refractivity contribution < 1.29 is 23.4 Å². The molecule has 7 heteroatoms. The fourth-order valence-corrected chi connectivity index (χ4v) is 2.10. The first-order valence-corrected chi connectivity index (χ1v) is 6.20. The third kappa shape index (κ3) is 2.90. The zero-order valence-corrected chi connectivity index (χ0v) is 9.25. The van der Waals surface area contributed by atoms with Gasteiger partial charge in [-0.1, -0.05) is 0 Å². The quantitative estimate of drug-likeness (QED) is 0.558. The lowest BCUT2D eigenvalue weighted by Gasteiger charge is -2.14. The Morgan fingerprint density at radius 1 is 1.53 bits per heavy atom. The van der Waals surface area contributed by atoms with Gasteiger partial charge in [-0.3, -0.25) is 4.79 Å². The number of aliphatic hydroxyl groups excluding tert-OH is 1. The van der Waals surface area contributed by atoms with E-state index in [9.17, 15) is 13.2 Å². The summed E-state index contributed by atoms with van der Waals surface area (Å²) in [5.74, 6) is -1.38. The Balaban J connectivity index is 2.54. The van der Waals surface area contributed by atoms with E-state index in [1.807, 2.05) is 0 Å². The highest BCUT2D eigenvalue weighted by molar-refractivity contribution is 7.90. The van der Waals surface area contributed by atoms with Crippen LogP contribution in [0, 0.1) is 5.41 Å². The van der Waals surface area contributed by atoms with Gasteiger partial charge in [0, 0.05) is 18.6 Å². The minimum atomic E-state index is -3.82. The van der Waals surface area contributed by atoms with Crippen LogP contribution in [0.4, 0.5) is 0 Å². The third-order valence-electron chi connectivity index (χ3n) is 2.75. The van der Waals surface area contributed by atoms with Crippen molar-refractivity contribution >= 4 is 16.0 Å². The monoisotopic (exact) mass is 237 g/mol. The van der Waals surface area contributed by atoms with E-state index in [4.69, 9.17) is 10.2 Å². The summed E-state index contributed by atoms with van der Waals surface area (Å²) in [5, 5.41) is 16.0. The molecule has 0 amide bonds. The van der Waals surface area contributed by atoms with Gasteiger partial charge in [-0.2, -0.15) is 0 Å². The van der Waals surface area contributed by atoms with Crippen LogP contribution >= 0.6 is 0 Å². The second kappa shape index (κ2) is 4.07. The Morgan fingerprint density at radius 3 is 2.40 bits per heavy atom. The number of carboxylic acids is 1.